The minimum Gasteiger partial charge on any atom is -0.378 e. The molecule has 0 bridgehead atoms. The molecule has 0 aliphatic heterocycles. The summed E-state index contributed by atoms with van der Waals surface area (Å²) in [7, 11) is 1.54. The maximum absolute atomic E-state index is 9.12. The molecule has 1 aromatic heterocycles. The standard InChI is InChI=1S/C13H11Cl2N3O/c1-8-3-4-9(5-11(8)14)18-13(15)10(6-16)12(17-18)7-19-2/h3-5H,7H2,1-2H3. The van der Waals surface area contributed by atoms with E-state index in [0.717, 1.165) is 5.56 Å². The van der Waals surface area contributed by atoms with Gasteiger partial charge in [0.15, 0.2) is 5.15 Å². The van der Waals surface area contributed by atoms with E-state index in [0.29, 0.717) is 22.0 Å². The minimum absolute atomic E-state index is 0.231. The molecule has 0 unspecified atom stereocenters. The number of hydrogen-bond donors (Lipinski definition) is 0. The normalized spacial score (nSPS) is 10.5. The Morgan fingerprint density at radius 1 is 1.42 bits per heavy atom. The molecule has 0 fully saturated rings. The lowest BCUT2D eigenvalue weighted by atomic mass is 10.2. The summed E-state index contributed by atoms with van der Waals surface area (Å²) < 4.78 is 6.49. The Kier molecular flexibility index (Phi) is 4.11. The van der Waals surface area contributed by atoms with Gasteiger partial charge in [0.2, 0.25) is 0 Å². The third-order valence-corrected chi connectivity index (χ3v) is 3.45. The second-order valence-electron chi connectivity index (χ2n) is 4.00. The van der Waals surface area contributed by atoms with Crippen molar-refractivity contribution in [3.63, 3.8) is 0 Å². The van der Waals surface area contributed by atoms with Crippen molar-refractivity contribution in [1.29, 1.82) is 5.26 Å². The second-order valence-corrected chi connectivity index (χ2v) is 4.77. The molecule has 98 valence electrons. The second kappa shape index (κ2) is 5.62. The molecular weight excluding hydrogens is 285 g/mol. The number of nitrogens with zero attached hydrogens (tertiary/aromatic N) is 3. The van der Waals surface area contributed by atoms with Gasteiger partial charge in [0, 0.05) is 12.1 Å². The fraction of sp³-hybridized carbons (Fsp3) is 0.231. The SMILES string of the molecule is COCc1nn(-c2ccc(C)c(Cl)c2)c(Cl)c1C#N. The smallest absolute Gasteiger partial charge is 0.151 e. The average Bonchev–Trinajstić information content (AvgIpc) is 2.70. The summed E-state index contributed by atoms with van der Waals surface area (Å²) in [6.07, 6.45) is 0. The fourth-order valence-corrected chi connectivity index (χ4v) is 2.13. The molecule has 2 aromatic rings. The molecule has 1 heterocycles. The number of ether oxygens (including phenoxy) is 1. The van der Waals surface area contributed by atoms with Crippen LogP contribution in [0.25, 0.3) is 5.69 Å². The topological polar surface area (TPSA) is 50.8 Å². The van der Waals surface area contributed by atoms with Crippen LogP contribution in [-0.4, -0.2) is 16.9 Å². The Balaban J connectivity index is 2.56. The Hall–Kier alpha value is -1.54. The number of halogens is 2. The average molecular weight is 296 g/mol. The zero-order valence-corrected chi connectivity index (χ0v) is 12.0. The van der Waals surface area contributed by atoms with Crippen molar-refractivity contribution < 1.29 is 4.74 Å². The van der Waals surface area contributed by atoms with Crippen LogP contribution in [-0.2, 0) is 11.3 Å². The van der Waals surface area contributed by atoms with Crippen molar-refractivity contribution in [2.24, 2.45) is 0 Å². The van der Waals surface area contributed by atoms with E-state index in [1.54, 1.807) is 6.07 Å². The summed E-state index contributed by atoms with van der Waals surface area (Å²) in [6.45, 7) is 2.14. The van der Waals surface area contributed by atoms with Crippen LogP contribution in [0.5, 0.6) is 0 Å². The van der Waals surface area contributed by atoms with Crippen LogP contribution >= 0.6 is 23.2 Å². The highest BCUT2D eigenvalue weighted by Crippen LogP contribution is 2.26. The lowest BCUT2D eigenvalue weighted by Gasteiger charge is -2.05. The van der Waals surface area contributed by atoms with E-state index in [9.17, 15) is 0 Å². The van der Waals surface area contributed by atoms with Gasteiger partial charge in [-0.2, -0.15) is 10.4 Å². The van der Waals surface area contributed by atoms with Crippen molar-refractivity contribution in [3.05, 3.63) is 45.2 Å². The van der Waals surface area contributed by atoms with Crippen molar-refractivity contribution in [1.82, 2.24) is 9.78 Å². The molecule has 4 nitrogen and oxygen atoms in total. The summed E-state index contributed by atoms with van der Waals surface area (Å²) in [4.78, 5) is 0. The first-order chi connectivity index (χ1) is 9.08. The minimum atomic E-state index is 0.231. The molecule has 0 atom stereocenters. The quantitative estimate of drug-likeness (QED) is 0.871. The number of benzene rings is 1. The first kappa shape index (κ1) is 13.9. The van der Waals surface area contributed by atoms with E-state index in [1.165, 1.54) is 11.8 Å². The van der Waals surface area contributed by atoms with Crippen molar-refractivity contribution in [2.75, 3.05) is 7.11 Å². The van der Waals surface area contributed by atoms with Crippen molar-refractivity contribution >= 4 is 23.2 Å². The van der Waals surface area contributed by atoms with Gasteiger partial charge in [-0.3, -0.25) is 0 Å². The summed E-state index contributed by atoms with van der Waals surface area (Å²) in [5, 5.41) is 14.3. The highest BCUT2D eigenvalue weighted by Gasteiger charge is 2.17. The van der Waals surface area contributed by atoms with Crippen LogP contribution in [0, 0.1) is 18.3 Å². The van der Waals surface area contributed by atoms with Crippen LogP contribution in [0.3, 0.4) is 0 Å². The molecule has 0 N–H and O–H groups in total. The van der Waals surface area contributed by atoms with Crippen LogP contribution < -0.4 is 0 Å². The number of nitriles is 1. The van der Waals surface area contributed by atoms with Gasteiger partial charge in [0.1, 0.15) is 17.3 Å². The maximum Gasteiger partial charge on any atom is 0.151 e. The van der Waals surface area contributed by atoms with Gasteiger partial charge in [-0.25, -0.2) is 4.68 Å². The number of aromatic nitrogens is 2. The molecule has 2 rings (SSSR count). The predicted molar refractivity (Wildman–Crippen MR) is 73.7 cm³/mol. The lowest BCUT2D eigenvalue weighted by molar-refractivity contribution is 0.181. The predicted octanol–water partition coefficient (Wildman–Crippen LogP) is 3.51. The first-order valence-electron chi connectivity index (χ1n) is 5.51. The largest absolute Gasteiger partial charge is 0.378 e. The number of aryl methyl sites for hydroxylation is 1. The van der Waals surface area contributed by atoms with Crippen LogP contribution in [0.1, 0.15) is 16.8 Å². The Bertz CT molecular complexity index is 659. The van der Waals surface area contributed by atoms with Gasteiger partial charge in [-0.05, 0) is 24.6 Å². The van der Waals surface area contributed by atoms with E-state index in [1.807, 2.05) is 25.1 Å². The first-order valence-corrected chi connectivity index (χ1v) is 6.27. The monoisotopic (exact) mass is 295 g/mol. The van der Waals surface area contributed by atoms with Crippen LogP contribution in [0.15, 0.2) is 18.2 Å². The number of methoxy groups -OCH3 is 1. The van der Waals surface area contributed by atoms with Gasteiger partial charge in [-0.1, -0.05) is 29.3 Å². The molecule has 19 heavy (non-hydrogen) atoms. The molecule has 0 radical (unpaired) electrons. The summed E-state index contributed by atoms with van der Waals surface area (Å²) >= 11 is 12.3. The van der Waals surface area contributed by atoms with Gasteiger partial charge in [0.25, 0.3) is 0 Å². The summed E-state index contributed by atoms with van der Waals surface area (Å²) in [5.41, 5.74) is 2.50. The molecule has 0 aliphatic rings. The Labute approximate surface area is 121 Å². The van der Waals surface area contributed by atoms with E-state index >= 15 is 0 Å². The maximum atomic E-state index is 9.12. The highest BCUT2D eigenvalue weighted by atomic mass is 35.5. The van der Waals surface area contributed by atoms with E-state index in [-0.39, 0.29) is 11.8 Å². The Morgan fingerprint density at radius 3 is 2.74 bits per heavy atom. The molecule has 0 saturated carbocycles. The molecule has 0 spiro atoms. The molecule has 0 amide bonds. The zero-order valence-electron chi connectivity index (χ0n) is 10.4. The summed E-state index contributed by atoms with van der Waals surface area (Å²) in [6, 6.07) is 7.51. The summed E-state index contributed by atoms with van der Waals surface area (Å²) in [5.74, 6) is 0. The van der Waals surface area contributed by atoms with Crippen molar-refractivity contribution in [3.8, 4) is 11.8 Å². The third kappa shape index (κ3) is 2.59. The van der Waals surface area contributed by atoms with Crippen molar-refractivity contribution in [2.45, 2.75) is 13.5 Å². The molecule has 0 aliphatic carbocycles. The Morgan fingerprint density at radius 2 is 2.16 bits per heavy atom. The van der Waals surface area contributed by atoms with Gasteiger partial charge < -0.3 is 4.74 Å². The van der Waals surface area contributed by atoms with E-state index < -0.39 is 0 Å². The fourth-order valence-electron chi connectivity index (χ4n) is 1.67. The number of rotatable bonds is 3. The highest BCUT2D eigenvalue weighted by molar-refractivity contribution is 6.32. The zero-order chi connectivity index (χ0) is 14.0. The third-order valence-electron chi connectivity index (χ3n) is 2.69. The molecule has 1 aromatic carbocycles. The van der Waals surface area contributed by atoms with Gasteiger partial charge >= 0.3 is 0 Å². The van der Waals surface area contributed by atoms with E-state index in [2.05, 4.69) is 5.10 Å². The lowest BCUT2D eigenvalue weighted by Crippen LogP contribution is -1.98. The van der Waals surface area contributed by atoms with Crippen LogP contribution in [0.2, 0.25) is 10.2 Å². The van der Waals surface area contributed by atoms with Gasteiger partial charge in [0.05, 0.1) is 12.3 Å². The molecule has 6 heteroatoms. The molecular formula is C13H11Cl2N3O. The molecule has 0 saturated heterocycles. The van der Waals surface area contributed by atoms with E-state index in [4.69, 9.17) is 33.2 Å². The number of hydrogen-bond acceptors (Lipinski definition) is 3. The van der Waals surface area contributed by atoms with Gasteiger partial charge in [-0.15, -0.1) is 0 Å². The van der Waals surface area contributed by atoms with Crippen LogP contribution in [0.4, 0.5) is 0 Å².